The number of amides is 1. The van der Waals surface area contributed by atoms with Crippen molar-refractivity contribution in [1.29, 1.82) is 0 Å². The number of aryl methyl sites for hydroxylation is 2. The third-order valence-electron chi connectivity index (χ3n) is 5.25. The highest BCUT2D eigenvalue weighted by atomic mass is 16.5. The molecule has 5 nitrogen and oxygen atoms in total. The topological polar surface area (TPSA) is 59.2 Å². The number of carbonyl (C=O) groups excluding carboxylic acids is 1. The minimum Gasteiger partial charge on any atom is -0.338 e. The maximum atomic E-state index is 12.5. The number of likely N-dealkylation sites (tertiary alicyclic amines) is 1. The molecule has 0 bridgehead atoms. The van der Waals surface area contributed by atoms with Gasteiger partial charge in [-0.2, -0.15) is 4.98 Å². The van der Waals surface area contributed by atoms with E-state index in [-0.39, 0.29) is 11.8 Å². The average Bonchev–Trinajstić information content (AvgIpc) is 3.31. The molecule has 1 aliphatic heterocycles. The fourth-order valence-electron chi connectivity index (χ4n) is 3.49. The van der Waals surface area contributed by atoms with Crippen LogP contribution in [0.2, 0.25) is 0 Å². The summed E-state index contributed by atoms with van der Waals surface area (Å²) in [5.41, 5.74) is 4.56. The Kier molecular flexibility index (Phi) is 4.75. The van der Waals surface area contributed by atoms with E-state index >= 15 is 0 Å². The van der Waals surface area contributed by atoms with Gasteiger partial charge in [0.05, 0.1) is 0 Å². The van der Waals surface area contributed by atoms with Crippen LogP contribution in [0.25, 0.3) is 11.5 Å². The minimum atomic E-state index is -0.0195. The summed E-state index contributed by atoms with van der Waals surface area (Å²) in [7, 11) is 0. The lowest BCUT2D eigenvalue weighted by Gasteiger charge is -2.17. The Morgan fingerprint density at radius 2 is 1.93 bits per heavy atom. The van der Waals surface area contributed by atoms with Crippen LogP contribution in [0.15, 0.2) is 53.1 Å². The molecule has 0 aliphatic carbocycles. The van der Waals surface area contributed by atoms with E-state index < -0.39 is 0 Å². The summed E-state index contributed by atoms with van der Waals surface area (Å²) < 4.78 is 5.45. The monoisotopic (exact) mass is 361 g/mol. The van der Waals surface area contributed by atoms with Gasteiger partial charge in [0.1, 0.15) is 0 Å². The average molecular weight is 361 g/mol. The van der Waals surface area contributed by atoms with Crippen molar-refractivity contribution in [3.63, 3.8) is 0 Å². The summed E-state index contributed by atoms with van der Waals surface area (Å²) in [5, 5.41) is 4.15. The molecule has 27 heavy (non-hydrogen) atoms. The Labute approximate surface area is 159 Å². The molecule has 1 aromatic heterocycles. The number of benzene rings is 2. The highest BCUT2D eigenvalue weighted by Crippen LogP contribution is 2.29. The lowest BCUT2D eigenvalue weighted by molar-refractivity contribution is -0.128. The van der Waals surface area contributed by atoms with Gasteiger partial charge in [0.15, 0.2) is 5.82 Å². The highest BCUT2D eigenvalue weighted by Gasteiger charge is 2.33. The maximum Gasteiger partial charge on any atom is 0.257 e. The van der Waals surface area contributed by atoms with Gasteiger partial charge in [-0.3, -0.25) is 4.79 Å². The van der Waals surface area contributed by atoms with E-state index in [2.05, 4.69) is 48.3 Å². The van der Waals surface area contributed by atoms with Crippen molar-refractivity contribution in [3.8, 4) is 11.5 Å². The summed E-state index contributed by atoms with van der Waals surface area (Å²) in [4.78, 5) is 18.9. The first-order valence-electron chi connectivity index (χ1n) is 9.39. The Hall–Kier alpha value is -2.95. The van der Waals surface area contributed by atoms with Crippen LogP contribution in [0.5, 0.6) is 0 Å². The Morgan fingerprint density at radius 3 is 2.67 bits per heavy atom. The van der Waals surface area contributed by atoms with Gasteiger partial charge in [0.2, 0.25) is 5.91 Å². The number of nitrogens with zero attached hydrogens (tertiary/aromatic N) is 3. The molecular formula is C22H23N3O2. The Bertz CT molecular complexity index is 946. The van der Waals surface area contributed by atoms with Crippen LogP contribution in [0.3, 0.4) is 0 Å². The normalized spacial score (nSPS) is 16.9. The van der Waals surface area contributed by atoms with Crippen LogP contribution in [0.4, 0.5) is 0 Å². The van der Waals surface area contributed by atoms with Crippen LogP contribution in [0.1, 0.15) is 41.8 Å². The summed E-state index contributed by atoms with van der Waals surface area (Å²) in [6, 6.07) is 16.3. The second-order valence-corrected chi connectivity index (χ2v) is 7.11. The van der Waals surface area contributed by atoms with E-state index in [1.165, 1.54) is 16.7 Å². The largest absolute Gasteiger partial charge is 0.338 e. The molecule has 2 heterocycles. The van der Waals surface area contributed by atoms with E-state index in [4.69, 9.17) is 4.52 Å². The predicted octanol–water partition coefficient (Wildman–Crippen LogP) is 4.12. The molecule has 5 heteroatoms. The zero-order valence-electron chi connectivity index (χ0n) is 15.7. The molecule has 4 rings (SSSR count). The summed E-state index contributed by atoms with van der Waals surface area (Å²) >= 11 is 0. The van der Waals surface area contributed by atoms with Crippen molar-refractivity contribution in [2.75, 3.05) is 6.54 Å². The fourth-order valence-corrected chi connectivity index (χ4v) is 3.49. The number of aromatic nitrogens is 2. The lowest BCUT2D eigenvalue weighted by atomic mass is 10.1. The summed E-state index contributed by atoms with van der Waals surface area (Å²) in [6.07, 6.45) is 1.43. The number of carbonyl (C=O) groups is 1. The predicted molar refractivity (Wildman–Crippen MR) is 103 cm³/mol. The van der Waals surface area contributed by atoms with Crippen molar-refractivity contribution in [2.24, 2.45) is 0 Å². The van der Waals surface area contributed by atoms with Crippen molar-refractivity contribution in [2.45, 2.75) is 39.2 Å². The summed E-state index contributed by atoms with van der Waals surface area (Å²) in [5.74, 6) is 1.25. The van der Waals surface area contributed by atoms with Gasteiger partial charge >= 0.3 is 0 Å². The molecule has 1 unspecified atom stereocenters. The van der Waals surface area contributed by atoms with E-state index in [1.54, 1.807) is 0 Å². The molecule has 1 atom stereocenters. The molecule has 3 aromatic rings. The SMILES string of the molecule is CCc1ccc(-c2nc(C3CC(=O)N(Cc4ccccc4C)C3)no2)cc1. The van der Waals surface area contributed by atoms with Crippen molar-refractivity contribution in [1.82, 2.24) is 15.0 Å². The zero-order chi connectivity index (χ0) is 18.8. The second-order valence-electron chi connectivity index (χ2n) is 7.11. The first kappa shape index (κ1) is 17.5. The molecule has 2 aromatic carbocycles. The third kappa shape index (κ3) is 3.63. The Morgan fingerprint density at radius 1 is 1.15 bits per heavy atom. The number of hydrogen-bond donors (Lipinski definition) is 0. The lowest BCUT2D eigenvalue weighted by Crippen LogP contribution is -2.24. The van der Waals surface area contributed by atoms with Crippen molar-refractivity contribution in [3.05, 3.63) is 71.0 Å². The van der Waals surface area contributed by atoms with Crippen LogP contribution < -0.4 is 0 Å². The van der Waals surface area contributed by atoms with Gasteiger partial charge in [-0.15, -0.1) is 0 Å². The highest BCUT2D eigenvalue weighted by molar-refractivity contribution is 5.79. The van der Waals surface area contributed by atoms with Crippen LogP contribution >= 0.6 is 0 Å². The molecule has 0 N–H and O–H groups in total. The van der Waals surface area contributed by atoms with Gasteiger partial charge < -0.3 is 9.42 Å². The molecule has 1 amide bonds. The van der Waals surface area contributed by atoms with E-state index in [0.29, 0.717) is 31.2 Å². The molecule has 138 valence electrons. The van der Waals surface area contributed by atoms with Gasteiger partial charge in [0.25, 0.3) is 5.89 Å². The van der Waals surface area contributed by atoms with Crippen LogP contribution in [-0.2, 0) is 17.8 Å². The first-order chi connectivity index (χ1) is 13.1. The minimum absolute atomic E-state index is 0.0195. The molecule has 0 spiro atoms. The molecule has 0 saturated carbocycles. The molecule has 1 fully saturated rings. The van der Waals surface area contributed by atoms with Crippen LogP contribution in [0, 0.1) is 6.92 Å². The first-order valence-corrected chi connectivity index (χ1v) is 9.39. The molecule has 1 saturated heterocycles. The quantitative estimate of drug-likeness (QED) is 0.686. The second kappa shape index (κ2) is 7.35. The standard InChI is InChI=1S/C22H23N3O2/c1-3-16-8-10-17(11-9-16)22-23-21(24-27-22)19-12-20(26)25(14-19)13-18-7-5-4-6-15(18)2/h4-11,19H,3,12-14H2,1-2H3. The van der Waals surface area contributed by atoms with Gasteiger partial charge in [0, 0.05) is 31.0 Å². The van der Waals surface area contributed by atoms with Crippen LogP contribution in [-0.4, -0.2) is 27.5 Å². The number of rotatable bonds is 5. The van der Waals surface area contributed by atoms with E-state index in [9.17, 15) is 4.79 Å². The smallest absolute Gasteiger partial charge is 0.257 e. The van der Waals surface area contributed by atoms with Gasteiger partial charge in [-0.1, -0.05) is 48.5 Å². The zero-order valence-corrected chi connectivity index (χ0v) is 15.7. The molecular weight excluding hydrogens is 338 g/mol. The van der Waals surface area contributed by atoms with Crippen molar-refractivity contribution < 1.29 is 9.32 Å². The summed E-state index contributed by atoms with van der Waals surface area (Å²) in [6.45, 7) is 5.45. The Balaban J connectivity index is 1.47. The fraction of sp³-hybridized carbons (Fsp3) is 0.318. The molecule has 0 radical (unpaired) electrons. The molecule has 1 aliphatic rings. The number of hydrogen-bond acceptors (Lipinski definition) is 4. The van der Waals surface area contributed by atoms with Gasteiger partial charge in [-0.25, -0.2) is 0 Å². The van der Waals surface area contributed by atoms with E-state index in [0.717, 1.165) is 12.0 Å². The van der Waals surface area contributed by atoms with Crippen molar-refractivity contribution >= 4 is 5.91 Å². The maximum absolute atomic E-state index is 12.5. The van der Waals surface area contributed by atoms with Gasteiger partial charge in [-0.05, 0) is 42.2 Å². The third-order valence-corrected chi connectivity index (χ3v) is 5.25. The van der Waals surface area contributed by atoms with E-state index in [1.807, 2.05) is 29.2 Å².